The molecular formula is C14H18N4OS2. The Morgan fingerprint density at radius 2 is 2.43 bits per heavy atom. The molecule has 1 saturated heterocycles. The Kier molecular flexibility index (Phi) is 4.32. The number of rotatable bonds is 3. The van der Waals surface area contributed by atoms with Gasteiger partial charge in [0.15, 0.2) is 5.13 Å². The molecule has 0 radical (unpaired) electrons. The highest BCUT2D eigenvalue weighted by molar-refractivity contribution is 7.99. The third-order valence-electron chi connectivity index (χ3n) is 3.35. The van der Waals surface area contributed by atoms with Crippen LogP contribution in [-0.4, -0.2) is 46.4 Å². The van der Waals surface area contributed by atoms with Gasteiger partial charge in [0.2, 0.25) is 5.91 Å². The summed E-state index contributed by atoms with van der Waals surface area (Å²) in [6.07, 6.45) is 0. The summed E-state index contributed by atoms with van der Waals surface area (Å²) in [6.45, 7) is 4.57. The van der Waals surface area contributed by atoms with E-state index in [0.717, 1.165) is 29.1 Å². The highest BCUT2D eigenvalue weighted by Crippen LogP contribution is 2.27. The lowest BCUT2D eigenvalue weighted by Crippen LogP contribution is -2.41. The molecule has 2 heterocycles. The van der Waals surface area contributed by atoms with Gasteiger partial charge in [0.05, 0.1) is 16.8 Å². The minimum atomic E-state index is 0.00104. The molecule has 7 heteroatoms. The fraction of sp³-hybridized carbons (Fsp3) is 0.429. The summed E-state index contributed by atoms with van der Waals surface area (Å²) in [6, 6.07) is 5.58. The molecule has 1 aliphatic heterocycles. The van der Waals surface area contributed by atoms with Gasteiger partial charge in [-0.1, -0.05) is 18.3 Å². The number of nitrogens with zero attached hydrogens (tertiary/aromatic N) is 2. The molecule has 5 nitrogen and oxygen atoms in total. The van der Waals surface area contributed by atoms with Crippen molar-refractivity contribution in [3.8, 4) is 0 Å². The van der Waals surface area contributed by atoms with Crippen LogP contribution in [0.1, 0.15) is 6.92 Å². The van der Waals surface area contributed by atoms with E-state index in [1.165, 1.54) is 11.3 Å². The molecular weight excluding hydrogens is 304 g/mol. The average Bonchev–Trinajstić information content (AvgIpc) is 2.79. The van der Waals surface area contributed by atoms with Crippen LogP contribution in [0.25, 0.3) is 10.2 Å². The van der Waals surface area contributed by atoms with E-state index >= 15 is 0 Å². The van der Waals surface area contributed by atoms with Crippen molar-refractivity contribution in [2.24, 2.45) is 0 Å². The molecule has 1 aromatic heterocycles. The highest BCUT2D eigenvalue weighted by atomic mass is 32.2. The van der Waals surface area contributed by atoms with Crippen molar-refractivity contribution >= 4 is 50.0 Å². The number of hydrogen-bond acceptors (Lipinski definition) is 6. The van der Waals surface area contributed by atoms with Crippen LogP contribution in [-0.2, 0) is 4.79 Å². The Balaban J connectivity index is 1.63. The van der Waals surface area contributed by atoms with Crippen LogP contribution in [0, 0.1) is 0 Å². The average molecular weight is 322 g/mol. The Bertz CT molecular complexity index is 657. The van der Waals surface area contributed by atoms with Gasteiger partial charge in [-0.2, -0.15) is 11.8 Å². The molecule has 1 atom stereocenters. The summed E-state index contributed by atoms with van der Waals surface area (Å²) < 4.78 is 0.994. The quantitative estimate of drug-likeness (QED) is 0.848. The summed E-state index contributed by atoms with van der Waals surface area (Å²) in [5.74, 6) is 1.09. The van der Waals surface area contributed by atoms with Crippen molar-refractivity contribution < 1.29 is 4.79 Å². The Morgan fingerprint density at radius 1 is 1.57 bits per heavy atom. The van der Waals surface area contributed by atoms with Gasteiger partial charge in [0.1, 0.15) is 0 Å². The van der Waals surface area contributed by atoms with E-state index in [4.69, 9.17) is 5.73 Å². The molecule has 1 amide bonds. The number of nitrogens with one attached hydrogen (secondary N) is 1. The molecule has 1 aliphatic rings. The molecule has 1 fully saturated rings. The van der Waals surface area contributed by atoms with Gasteiger partial charge in [0, 0.05) is 29.8 Å². The van der Waals surface area contributed by atoms with Crippen molar-refractivity contribution in [2.75, 3.05) is 36.4 Å². The Labute approximate surface area is 131 Å². The summed E-state index contributed by atoms with van der Waals surface area (Å²) in [4.78, 5) is 18.7. The zero-order valence-electron chi connectivity index (χ0n) is 11.8. The maximum absolute atomic E-state index is 12.1. The van der Waals surface area contributed by atoms with Crippen molar-refractivity contribution in [1.29, 1.82) is 0 Å². The first-order chi connectivity index (χ1) is 10.1. The van der Waals surface area contributed by atoms with Crippen molar-refractivity contribution in [3.05, 3.63) is 18.2 Å². The topological polar surface area (TPSA) is 71.2 Å². The SMILES string of the molecule is CC1CN(CC(=O)Nc2nc3ccc(N)cc3s2)CCS1. The van der Waals surface area contributed by atoms with Crippen LogP contribution >= 0.6 is 23.1 Å². The predicted octanol–water partition coefficient (Wildman–Crippen LogP) is 2.25. The number of anilines is 2. The molecule has 1 aromatic carbocycles. The highest BCUT2D eigenvalue weighted by Gasteiger charge is 2.19. The number of nitrogens with two attached hydrogens (primary N) is 1. The van der Waals surface area contributed by atoms with Crippen LogP contribution in [0.3, 0.4) is 0 Å². The van der Waals surface area contributed by atoms with Crippen molar-refractivity contribution in [3.63, 3.8) is 0 Å². The van der Waals surface area contributed by atoms with Crippen LogP contribution in [0.2, 0.25) is 0 Å². The number of hydrogen-bond donors (Lipinski definition) is 2. The third kappa shape index (κ3) is 3.66. The van der Waals surface area contributed by atoms with Gasteiger partial charge in [-0.25, -0.2) is 4.98 Å². The minimum absolute atomic E-state index is 0.00104. The lowest BCUT2D eigenvalue weighted by atomic mass is 10.3. The molecule has 21 heavy (non-hydrogen) atoms. The zero-order chi connectivity index (χ0) is 14.8. The number of aromatic nitrogens is 1. The number of carbonyl (C=O) groups excluding carboxylic acids is 1. The maximum atomic E-state index is 12.1. The van der Waals surface area contributed by atoms with Gasteiger partial charge in [-0.3, -0.25) is 9.69 Å². The second-order valence-corrected chi connectivity index (χ2v) is 7.79. The first-order valence-electron chi connectivity index (χ1n) is 6.90. The number of thioether (sulfide) groups is 1. The summed E-state index contributed by atoms with van der Waals surface area (Å²) in [5, 5.41) is 4.13. The van der Waals surface area contributed by atoms with Crippen LogP contribution in [0.4, 0.5) is 10.8 Å². The van der Waals surface area contributed by atoms with Crippen molar-refractivity contribution in [1.82, 2.24) is 9.88 Å². The summed E-state index contributed by atoms with van der Waals surface area (Å²) in [5.41, 5.74) is 7.33. The smallest absolute Gasteiger partial charge is 0.240 e. The van der Waals surface area contributed by atoms with Gasteiger partial charge >= 0.3 is 0 Å². The van der Waals surface area contributed by atoms with E-state index in [0.29, 0.717) is 22.6 Å². The number of benzene rings is 1. The minimum Gasteiger partial charge on any atom is -0.399 e. The largest absolute Gasteiger partial charge is 0.399 e. The first-order valence-corrected chi connectivity index (χ1v) is 8.76. The van der Waals surface area contributed by atoms with E-state index in [-0.39, 0.29) is 5.91 Å². The normalized spacial score (nSPS) is 19.8. The van der Waals surface area contributed by atoms with E-state index in [9.17, 15) is 4.79 Å². The number of fused-ring (bicyclic) bond motifs is 1. The predicted molar refractivity (Wildman–Crippen MR) is 91.0 cm³/mol. The van der Waals surface area contributed by atoms with E-state index in [1.807, 2.05) is 30.0 Å². The van der Waals surface area contributed by atoms with Crippen molar-refractivity contribution in [2.45, 2.75) is 12.2 Å². The molecule has 0 saturated carbocycles. The third-order valence-corrected chi connectivity index (χ3v) is 5.42. The molecule has 0 bridgehead atoms. The molecule has 3 N–H and O–H groups in total. The second kappa shape index (κ2) is 6.21. The Hall–Kier alpha value is -1.31. The fourth-order valence-corrected chi connectivity index (χ4v) is 4.40. The molecule has 0 spiro atoms. The summed E-state index contributed by atoms with van der Waals surface area (Å²) in [7, 11) is 0. The lowest BCUT2D eigenvalue weighted by molar-refractivity contribution is -0.117. The van der Waals surface area contributed by atoms with Gasteiger partial charge < -0.3 is 11.1 Å². The van der Waals surface area contributed by atoms with Gasteiger partial charge in [0.25, 0.3) is 0 Å². The van der Waals surface area contributed by atoms with Gasteiger partial charge in [-0.15, -0.1) is 0 Å². The number of thiazole rings is 1. The fourth-order valence-electron chi connectivity index (χ4n) is 2.39. The van der Waals surface area contributed by atoms with Crippen LogP contribution in [0.5, 0.6) is 0 Å². The molecule has 112 valence electrons. The number of amides is 1. The lowest BCUT2D eigenvalue weighted by Gasteiger charge is -2.29. The molecule has 3 rings (SSSR count). The maximum Gasteiger partial charge on any atom is 0.240 e. The number of carbonyl (C=O) groups is 1. The molecule has 0 aliphatic carbocycles. The zero-order valence-corrected chi connectivity index (χ0v) is 13.5. The molecule has 1 unspecified atom stereocenters. The summed E-state index contributed by atoms with van der Waals surface area (Å²) >= 11 is 3.42. The van der Waals surface area contributed by atoms with E-state index < -0.39 is 0 Å². The van der Waals surface area contributed by atoms with E-state index in [1.54, 1.807) is 0 Å². The van der Waals surface area contributed by atoms with Gasteiger partial charge in [-0.05, 0) is 18.2 Å². The van der Waals surface area contributed by atoms with Crippen LogP contribution in [0.15, 0.2) is 18.2 Å². The number of nitrogen functional groups attached to an aromatic ring is 1. The Morgan fingerprint density at radius 3 is 3.24 bits per heavy atom. The molecule has 2 aromatic rings. The monoisotopic (exact) mass is 322 g/mol. The second-order valence-electron chi connectivity index (χ2n) is 5.21. The van der Waals surface area contributed by atoms with E-state index in [2.05, 4.69) is 22.1 Å². The standard InChI is InChI=1S/C14H18N4OS2/c1-9-7-18(4-5-20-9)8-13(19)17-14-16-11-3-2-10(15)6-12(11)21-14/h2-3,6,9H,4-5,7-8,15H2,1H3,(H,16,17,19). The first kappa shape index (κ1) is 14.6. The van der Waals surface area contributed by atoms with Crippen LogP contribution < -0.4 is 11.1 Å².